The number of amides is 3. The Balaban J connectivity index is 1.52. The predicted molar refractivity (Wildman–Crippen MR) is 125 cm³/mol. The van der Waals surface area contributed by atoms with E-state index in [1.54, 1.807) is 59.3 Å². The number of aromatic carboxylic acids is 1. The Morgan fingerprint density at radius 1 is 1.06 bits per heavy atom. The highest BCUT2D eigenvalue weighted by molar-refractivity contribution is 8.18. The van der Waals surface area contributed by atoms with Gasteiger partial charge in [0.2, 0.25) is 5.91 Å². The molecule has 0 saturated carbocycles. The molecule has 2 heterocycles. The number of thioether (sulfide) groups is 1. The van der Waals surface area contributed by atoms with Crippen LogP contribution in [0.2, 0.25) is 5.02 Å². The Bertz CT molecular complexity index is 1320. The number of carboxylic acids is 1. The molecule has 0 spiro atoms. The number of carboxylic acid groups (broad SMARTS) is 1. The molecule has 1 aromatic heterocycles. The molecular weight excluding hydrogens is 466 g/mol. The van der Waals surface area contributed by atoms with Crippen molar-refractivity contribution in [2.75, 3.05) is 11.9 Å². The number of carbonyl (C=O) groups excluding carboxylic acids is 3. The van der Waals surface area contributed by atoms with E-state index < -0.39 is 29.6 Å². The lowest BCUT2D eigenvalue weighted by atomic mass is 10.2. The molecule has 1 fully saturated rings. The van der Waals surface area contributed by atoms with Gasteiger partial charge in [0.25, 0.3) is 11.1 Å². The first-order chi connectivity index (χ1) is 15.8. The summed E-state index contributed by atoms with van der Waals surface area (Å²) in [4.78, 5) is 49.8. The van der Waals surface area contributed by atoms with Crippen LogP contribution in [-0.4, -0.2) is 44.1 Å². The molecule has 0 aliphatic carbocycles. The zero-order valence-electron chi connectivity index (χ0n) is 16.9. The van der Waals surface area contributed by atoms with Crippen LogP contribution in [-0.2, 0) is 9.59 Å². The molecule has 3 aromatic rings. The van der Waals surface area contributed by atoms with Gasteiger partial charge >= 0.3 is 5.97 Å². The second-order valence-electron chi connectivity index (χ2n) is 6.98. The Hall–Kier alpha value is -3.82. The van der Waals surface area contributed by atoms with Crippen LogP contribution in [0.1, 0.15) is 16.1 Å². The molecule has 3 amide bonds. The summed E-state index contributed by atoms with van der Waals surface area (Å²) in [5.41, 5.74) is 1.74. The van der Waals surface area contributed by atoms with Gasteiger partial charge in [-0.25, -0.2) is 4.79 Å². The molecule has 8 nitrogen and oxygen atoms in total. The van der Waals surface area contributed by atoms with Crippen molar-refractivity contribution in [3.8, 4) is 5.69 Å². The van der Waals surface area contributed by atoms with E-state index in [2.05, 4.69) is 5.32 Å². The summed E-state index contributed by atoms with van der Waals surface area (Å²) >= 11 is 6.63. The highest BCUT2D eigenvalue weighted by Gasteiger charge is 2.36. The van der Waals surface area contributed by atoms with E-state index in [0.29, 0.717) is 22.1 Å². The fourth-order valence-corrected chi connectivity index (χ4v) is 4.23. The molecule has 2 aromatic carbocycles. The second-order valence-corrected chi connectivity index (χ2v) is 8.41. The molecule has 4 rings (SSSR count). The number of anilines is 1. The van der Waals surface area contributed by atoms with Crippen LogP contribution in [0.3, 0.4) is 0 Å². The van der Waals surface area contributed by atoms with E-state index in [4.69, 9.17) is 11.6 Å². The molecule has 0 unspecified atom stereocenters. The van der Waals surface area contributed by atoms with Gasteiger partial charge in [-0.1, -0.05) is 23.7 Å². The van der Waals surface area contributed by atoms with Crippen molar-refractivity contribution < 1.29 is 24.3 Å². The molecule has 10 heteroatoms. The molecule has 0 atom stereocenters. The van der Waals surface area contributed by atoms with Gasteiger partial charge in [0.1, 0.15) is 6.54 Å². The maximum absolute atomic E-state index is 12.8. The number of hydrogen-bond donors (Lipinski definition) is 2. The van der Waals surface area contributed by atoms with Gasteiger partial charge in [0, 0.05) is 28.3 Å². The number of carbonyl (C=O) groups is 4. The fraction of sp³-hybridized carbons (Fsp3) is 0.0435. The quantitative estimate of drug-likeness (QED) is 0.502. The minimum atomic E-state index is -1.05. The number of nitrogens with one attached hydrogen (secondary N) is 1. The van der Waals surface area contributed by atoms with Crippen LogP contribution in [0.5, 0.6) is 0 Å². The summed E-state index contributed by atoms with van der Waals surface area (Å²) < 4.78 is 1.70. The Morgan fingerprint density at radius 3 is 2.61 bits per heavy atom. The van der Waals surface area contributed by atoms with Crippen LogP contribution < -0.4 is 5.32 Å². The lowest BCUT2D eigenvalue weighted by Crippen LogP contribution is -2.36. The van der Waals surface area contributed by atoms with Gasteiger partial charge in [0.05, 0.1) is 10.5 Å². The average molecular weight is 482 g/mol. The number of aromatic nitrogens is 1. The molecule has 1 aliphatic rings. The van der Waals surface area contributed by atoms with Crippen molar-refractivity contribution in [2.45, 2.75) is 0 Å². The maximum atomic E-state index is 12.8. The first-order valence-corrected chi connectivity index (χ1v) is 10.8. The Kier molecular flexibility index (Phi) is 6.34. The van der Waals surface area contributed by atoms with Gasteiger partial charge in [0.15, 0.2) is 0 Å². The topological polar surface area (TPSA) is 109 Å². The molecular formula is C23H16ClN3O5S. The number of halogens is 1. The monoisotopic (exact) mass is 481 g/mol. The summed E-state index contributed by atoms with van der Waals surface area (Å²) in [6, 6.07) is 16.3. The lowest BCUT2D eigenvalue weighted by Gasteiger charge is -2.12. The number of benzene rings is 2. The number of nitrogens with zero attached hydrogens (tertiary/aromatic N) is 2. The number of hydrogen-bond acceptors (Lipinski definition) is 5. The summed E-state index contributed by atoms with van der Waals surface area (Å²) in [6.07, 6.45) is 3.25. The first-order valence-electron chi connectivity index (χ1n) is 9.64. The molecule has 33 heavy (non-hydrogen) atoms. The van der Waals surface area contributed by atoms with Crippen molar-refractivity contribution in [1.29, 1.82) is 0 Å². The van der Waals surface area contributed by atoms with Crippen molar-refractivity contribution in [2.24, 2.45) is 0 Å². The van der Waals surface area contributed by atoms with E-state index in [1.165, 1.54) is 18.2 Å². The molecule has 0 bridgehead atoms. The highest BCUT2D eigenvalue weighted by atomic mass is 35.5. The normalized spacial score (nSPS) is 14.7. The Labute approximate surface area is 197 Å². The molecule has 2 N–H and O–H groups in total. The molecule has 1 saturated heterocycles. The average Bonchev–Trinajstić information content (AvgIpc) is 3.34. The largest absolute Gasteiger partial charge is 0.478 e. The van der Waals surface area contributed by atoms with Crippen molar-refractivity contribution >= 4 is 58.1 Å². The second kappa shape index (κ2) is 9.35. The third-order valence-electron chi connectivity index (χ3n) is 4.71. The van der Waals surface area contributed by atoms with E-state index >= 15 is 0 Å². The summed E-state index contributed by atoms with van der Waals surface area (Å²) in [5, 5.41) is 11.7. The SMILES string of the molecule is O=C(CN1C(=O)S/C(=C\c2cccn2-c2cccc(C(=O)O)c2)C1=O)Nc1cccc(Cl)c1. The van der Waals surface area contributed by atoms with Crippen LogP contribution in [0.4, 0.5) is 10.5 Å². The minimum absolute atomic E-state index is 0.123. The van der Waals surface area contributed by atoms with Gasteiger partial charge < -0.3 is 15.0 Å². The molecule has 1 aliphatic heterocycles. The van der Waals surface area contributed by atoms with E-state index in [0.717, 1.165) is 16.7 Å². The zero-order chi connectivity index (χ0) is 23.5. The number of rotatable bonds is 6. The first kappa shape index (κ1) is 22.4. The van der Waals surface area contributed by atoms with Crippen LogP contribution in [0.25, 0.3) is 11.8 Å². The van der Waals surface area contributed by atoms with Crippen molar-refractivity contribution in [1.82, 2.24) is 9.47 Å². The van der Waals surface area contributed by atoms with Gasteiger partial charge in [-0.2, -0.15) is 0 Å². The van der Waals surface area contributed by atoms with Gasteiger partial charge in [-0.15, -0.1) is 0 Å². The maximum Gasteiger partial charge on any atom is 0.335 e. The molecule has 166 valence electrons. The van der Waals surface area contributed by atoms with Crippen LogP contribution >= 0.6 is 23.4 Å². The van der Waals surface area contributed by atoms with Crippen LogP contribution in [0, 0.1) is 0 Å². The molecule has 0 radical (unpaired) electrons. The summed E-state index contributed by atoms with van der Waals surface area (Å²) in [5.74, 6) is -2.17. The van der Waals surface area contributed by atoms with E-state index in [1.807, 2.05) is 0 Å². The summed E-state index contributed by atoms with van der Waals surface area (Å²) in [7, 11) is 0. The smallest absolute Gasteiger partial charge is 0.335 e. The number of imide groups is 1. The van der Waals surface area contributed by atoms with Gasteiger partial charge in [-0.05, 0) is 66.4 Å². The highest BCUT2D eigenvalue weighted by Crippen LogP contribution is 2.32. The van der Waals surface area contributed by atoms with E-state index in [-0.39, 0.29) is 10.5 Å². The predicted octanol–water partition coefficient (Wildman–Crippen LogP) is 4.50. The zero-order valence-corrected chi connectivity index (χ0v) is 18.5. The third kappa shape index (κ3) is 5.00. The van der Waals surface area contributed by atoms with Crippen molar-refractivity contribution in [3.63, 3.8) is 0 Å². The van der Waals surface area contributed by atoms with Gasteiger partial charge in [-0.3, -0.25) is 19.3 Å². The van der Waals surface area contributed by atoms with Crippen molar-refractivity contribution in [3.05, 3.63) is 88.0 Å². The minimum Gasteiger partial charge on any atom is -0.478 e. The lowest BCUT2D eigenvalue weighted by molar-refractivity contribution is -0.127. The summed E-state index contributed by atoms with van der Waals surface area (Å²) in [6.45, 7) is -0.434. The van der Waals surface area contributed by atoms with Crippen LogP contribution in [0.15, 0.2) is 71.8 Å². The Morgan fingerprint density at radius 2 is 1.85 bits per heavy atom. The van der Waals surface area contributed by atoms with E-state index in [9.17, 15) is 24.3 Å². The standard InChI is InChI=1S/C23H16ClN3O5S/c24-15-5-2-6-16(11-15)25-20(28)13-27-21(29)19(33-23(27)32)12-18-8-3-9-26(18)17-7-1-4-14(10-17)22(30)31/h1-12H,13H2,(H,25,28)(H,30,31)/b19-12-. The fourth-order valence-electron chi connectivity index (χ4n) is 3.22. The third-order valence-corrected chi connectivity index (χ3v) is 5.86.